The molecule has 0 aromatic heterocycles. The highest BCUT2D eigenvalue weighted by atomic mass is 16.5. The van der Waals surface area contributed by atoms with E-state index >= 15 is 0 Å². The van der Waals surface area contributed by atoms with Crippen molar-refractivity contribution >= 4 is 17.1 Å². The molecule has 0 aliphatic heterocycles. The van der Waals surface area contributed by atoms with E-state index in [1.807, 2.05) is 24.3 Å². The van der Waals surface area contributed by atoms with Crippen LogP contribution in [0.15, 0.2) is 42.5 Å². The van der Waals surface area contributed by atoms with E-state index in [1.54, 1.807) is 25.3 Å². The van der Waals surface area contributed by atoms with Crippen molar-refractivity contribution in [3.8, 4) is 11.8 Å². The summed E-state index contributed by atoms with van der Waals surface area (Å²) >= 11 is 0. The van der Waals surface area contributed by atoms with Gasteiger partial charge in [-0.25, -0.2) is 0 Å². The normalized spacial score (nSPS) is 9.56. The first kappa shape index (κ1) is 11.8. The van der Waals surface area contributed by atoms with Gasteiger partial charge in [-0.1, -0.05) is 6.07 Å². The highest BCUT2D eigenvalue weighted by molar-refractivity contribution is 5.74. The molecule has 0 radical (unpaired) electrons. The summed E-state index contributed by atoms with van der Waals surface area (Å²) in [6.07, 6.45) is 0. The number of hydrogen-bond donors (Lipinski definition) is 2. The minimum absolute atomic E-state index is 0.594. The van der Waals surface area contributed by atoms with Gasteiger partial charge in [0.25, 0.3) is 0 Å². The Labute approximate surface area is 106 Å². The molecule has 0 spiro atoms. The molecule has 2 aromatic rings. The lowest BCUT2D eigenvalue weighted by Crippen LogP contribution is -1.97. The van der Waals surface area contributed by atoms with Crippen molar-refractivity contribution in [2.75, 3.05) is 18.2 Å². The topological polar surface area (TPSA) is 71.1 Å². The van der Waals surface area contributed by atoms with E-state index in [4.69, 9.17) is 15.7 Å². The average Bonchev–Trinajstić information content (AvgIpc) is 2.41. The molecule has 0 atom stereocenters. The number of nitrogens with one attached hydrogen (secondary N) is 1. The summed E-state index contributed by atoms with van der Waals surface area (Å²) in [5.41, 5.74) is 8.71. The second kappa shape index (κ2) is 5.11. The quantitative estimate of drug-likeness (QED) is 0.808. The number of nitrogen functional groups attached to an aromatic ring is 1. The first-order valence-electron chi connectivity index (χ1n) is 5.43. The maximum atomic E-state index is 8.83. The first-order valence-corrected chi connectivity index (χ1v) is 5.43. The molecular formula is C14H13N3O. The van der Waals surface area contributed by atoms with Crippen LogP contribution in [0, 0.1) is 11.3 Å². The SMILES string of the molecule is COc1ccc(Nc2cccc(C#N)c2)c(N)c1. The van der Waals surface area contributed by atoms with Crippen molar-refractivity contribution in [1.82, 2.24) is 0 Å². The number of rotatable bonds is 3. The maximum absolute atomic E-state index is 8.83. The monoisotopic (exact) mass is 239 g/mol. The minimum atomic E-state index is 0.594. The predicted octanol–water partition coefficient (Wildman–Crippen LogP) is 2.89. The van der Waals surface area contributed by atoms with Crippen molar-refractivity contribution in [2.24, 2.45) is 0 Å². The molecule has 0 saturated heterocycles. The van der Waals surface area contributed by atoms with E-state index in [0.717, 1.165) is 11.4 Å². The van der Waals surface area contributed by atoms with Gasteiger partial charge in [-0.05, 0) is 30.3 Å². The summed E-state index contributed by atoms with van der Waals surface area (Å²) in [6, 6.07) is 14.7. The fraction of sp³-hybridized carbons (Fsp3) is 0.0714. The summed E-state index contributed by atoms with van der Waals surface area (Å²) < 4.78 is 5.09. The standard InChI is InChI=1S/C14H13N3O/c1-18-12-5-6-14(13(16)8-12)17-11-4-2-3-10(7-11)9-15/h2-8,17H,16H2,1H3. The average molecular weight is 239 g/mol. The van der Waals surface area contributed by atoms with Gasteiger partial charge < -0.3 is 15.8 Å². The number of benzene rings is 2. The van der Waals surface area contributed by atoms with Crippen LogP contribution in [0.25, 0.3) is 0 Å². The van der Waals surface area contributed by atoms with E-state index in [-0.39, 0.29) is 0 Å². The first-order chi connectivity index (χ1) is 8.72. The Morgan fingerprint density at radius 3 is 2.72 bits per heavy atom. The zero-order chi connectivity index (χ0) is 13.0. The third-order valence-corrected chi connectivity index (χ3v) is 2.53. The lowest BCUT2D eigenvalue weighted by atomic mass is 10.2. The van der Waals surface area contributed by atoms with Gasteiger partial charge in [-0.2, -0.15) is 5.26 Å². The highest BCUT2D eigenvalue weighted by Gasteiger charge is 2.02. The highest BCUT2D eigenvalue weighted by Crippen LogP contribution is 2.27. The van der Waals surface area contributed by atoms with E-state index in [2.05, 4.69) is 11.4 Å². The number of ether oxygens (including phenoxy) is 1. The number of nitrogens with two attached hydrogens (primary N) is 1. The van der Waals surface area contributed by atoms with Crippen LogP contribution in [0.1, 0.15) is 5.56 Å². The van der Waals surface area contributed by atoms with E-state index in [0.29, 0.717) is 17.0 Å². The predicted molar refractivity (Wildman–Crippen MR) is 71.8 cm³/mol. The number of nitrogens with zero attached hydrogens (tertiary/aromatic N) is 1. The molecule has 2 rings (SSSR count). The third kappa shape index (κ3) is 2.53. The van der Waals surface area contributed by atoms with Crippen molar-refractivity contribution in [3.05, 3.63) is 48.0 Å². The van der Waals surface area contributed by atoms with Crippen molar-refractivity contribution in [1.29, 1.82) is 5.26 Å². The van der Waals surface area contributed by atoms with Crippen molar-refractivity contribution in [3.63, 3.8) is 0 Å². The second-order valence-corrected chi connectivity index (χ2v) is 3.77. The third-order valence-electron chi connectivity index (χ3n) is 2.53. The fourth-order valence-corrected chi connectivity index (χ4v) is 1.60. The van der Waals surface area contributed by atoms with Crippen LogP contribution >= 0.6 is 0 Å². The van der Waals surface area contributed by atoms with Crippen LogP contribution in [0.4, 0.5) is 17.1 Å². The van der Waals surface area contributed by atoms with Crippen LogP contribution in [0.2, 0.25) is 0 Å². The summed E-state index contributed by atoms with van der Waals surface area (Å²) in [7, 11) is 1.60. The smallest absolute Gasteiger partial charge is 0.121 e. The zero-order valence-corrected chi connectivity index (χ0v) is 9.97. The van der Waals surface area contributed by atoms with Crippen molar-refractivity contribution in [2.45, 2.75) is 0 Å². The number of hydrogen-bond acceptors (Lipinski definition) is 4. The molecule has 4 nitrogen and oxygen atoms in total. The Hall–Kier alpha value is -2.67. The van der Waals surface area contributed by atoms with Crippen LogP contribution < -0.4 is 15.8 Å². The summed E-state index contributed by atoms with van der Waals surface area (Å²) in [5, 5.41) is 12.0. The van der Waals surface area contributed by atoms with E-state index in [9.17, 15) is 0 Å². The molecule has 0 fully saturated rings. The van der Waals surface area contributed by atoms with Gasteiger partial charge in [-0.3, -0.25) is 0 Å². The molecule has 90 valence electrons. The van der Waals surface area contributed by atoms with Gasteiger partial charge in [0.15, 0.2) is 0 Å². The van der Waals surface area contributed by atoms with Gasteiger partial charge in [0.2, 0.25) is 0 Å². The Morgan fingerprint density at radius 2 is 2.06 bits per heavy atom. The van der Waals surface area contributed by atoms with Gasteiger partial charge in [0, 0.05) is 11.8 Å². The molecule has 0 heterocycles. The molecule has 0 unspecified atom stereocenters. The molecular weight excluding hydrogens is 226 g/mol. The molecule has 0 aliphatic carbocycles. The molecule has 3 N–H and O–H groups in total. The lowest BCUT2D eigenvalue weighted by Gasteiger charge is -2.10. The van der Waals surface area contributed by atoms with Crippen LogP contribution in [-0.2, 0) is 0 Å². The molecule has 0 bridgehead atoms. The van der Waals surface area contributed by atoms with Gasteiger partial charge in [0.05, 0.1) is 30.1 Å². The second-order valence-electron chi connectivity index (χ2n) is 3.77. The Balaban J connectivity index is 2.26. The van der Waals surface area contributed by atoms with E-state index in [1.165, 1.54) is 0 Å². The number of methoxy groups -OCH3 is 1. The molecule has 0 aliphatic rings. The largest absolute Gasteiger partial charge is 0.497 e. The minimum Gasteiger partial charge on any atom is -0.497 e. The molecule has 18 heavy (non-hydrogen) atoms. The van der Waals surface area contributed by atoms with Crippen molar-refractivity contribution < 1.29 is 4.74 Å². The lowest BCUT2D eigenvalue weighted by molar-refractivity contribution is 0.415. The molecule has 4 heteroatoms. The summed E-state index contributed by atoms with van der Waals surface area (Å²) in [6.45, 7) is 0. The summed E-state index contributed by atoms with van der Waals surface area (Å²) in [4.78, 5) is 0. The van der Waals surface area contributed by atoms with Gasteiger partial charge in [-0.15, -0.1) is 0 Å². The molecule has 0 saturated carbocycles. The van der Waals surface area contributed by atoms with Gasteiger partial charge >= 0.3 is 0 Å². The van der Waals surface area contributed by atoms with Crippen LogP contribution in [0.3, 0.4) is 0 Å². The van der Waals surface area contributed by atoms with Crippen LogP contribution in [-0.4, -0.2) is 7.11 Å². The summed E-state index contributed by atoms with van der Waals surface area (Å²) in [5.74, 6) is 0.712. The number of nitriles is 1. The molecule has 2 aromatic carbocycles. The molecule has 0 amide bonds. The Kier molecular flexibility index (Phi) is 3.35. The zero-order valence-electron chi connectivity index (χ0n) is 9.97. The maximum Gasteiger partial charge on any atom is 0.121 e. The van der Waals surface area contributed by atoms with E-state index < -0.39 is 0 Å². The Morgan fingerprint density at radius 1 is 1.22 bits per heavy atom. The Bertz CT molecular complexity index is 602. The van der Waals surface area contributed by atoms with Crippen LogP contribution in [0.5, 0.6) is 5.75 Å². The van der Waals surface area contributed by atoms with Gasteiger partial charge in [0.1, 0.15) is 5.75 Å². The number of anilines is 3. The fourth-order valence-electron chi connectivity index (χ4n) is 1.60.